The maximum Gasteiger partial charge on any atom is 0.129 e. The Hall–Kier alpha value is -1.42. The van der Waals surface area contributed by atoms with Crippen LogP contribution >= 0.6 is 0 Å². The summed E-state index contributed by atoms with van der Waals surface area (Å²) in [6.45, 7) is 0.981. The zero-order valence-corrected chi connectivity index (χ0v) is 9.71. The Labute approximate surface area is 100 Å². The highest BCUT2D eigenvalue weighted by atomic mass is 19.1. The number of nitrogens with one attached hydrogen (secondary N) is 1. The van der Waals surface area contributed by atoms with Gasteiger partial charge in [0.25, 0.3) is 0 Å². The van der Waals surface area contributed by atoms with Crippen LogP contribution in [-0.2, 0) is 11.3 Å². The third-order valence-electron chi connectivity index (χ3n) is 2.99. The van der Waals surface area contributed by atoms with Gasteiger partial charge in [-0.3, -0.25) is 5.41 Å². The summed E-state index contributed by atoms with van der Waals surface area (Å²) in [6.07, 6.45) is 3.70. The van der Waals surface area contributed by atoms with Crippen LogP contribution in [0, 0.1) is 17.1 Å². The molecule has 2 rings (SSSR count). The molecule has 1 aliphatic carbocycles. The molecular weight excluding hydrogens is 219 g/mol. The monoisotopic (exact) mass is 236 g/mol. The molecule has 0 unspecified atom stereocenters. The predicted octanol–water partition coefficient (Wildman–Crippen LogP) is 2.43. The molecule has 1 saturated carbocycles. The molecule has 0 spiro atoms. The summed E-state index contributed by atoms with van der Waals surface area (Å²) in [4.78, 5) is 0. The van der Waals surface area contributed by atoms with Crippen molar-refractivity contribution in [3.8, 4) is 0 Å². The predicted molar refractivity (Wildman–Crippen MR) is 64.4 cm³/mol. The summed E-state index contributed by atoms with van der Waals surface area (Å²) in [5.41, 5.74) is 6.21. The zero-order chi connectivity index (χ0) is 12.3. The van der Waals surface area contributed by atoms with E-state index in [4.69, 9.17) is 15.9 Å². The molecule has 1 aromatic rings. The summed E-state index contributed by atoms with van der Waals surface area (Å²) in [5.74, 6) is 0.356. The average Bonchev–Trinajstić information content (AvgIpc) is 3.09. The van der Waals surface area contributed by atoms with E-state index in [2.05, 4.69) is 0 Å². The molecule has 92 valence electrons. The van der Waals surface area contributed by atoms with Crippen LogP contribution in [0.25, 0.3) is 0 Å². The second-order valence-electron chi connectivity index (χ2n) is 4.50. The van der Waals surface area contributed by atoms with Crippen molar-refractivity contribution >= 4 is 5.84 Å². The van der Waals surface area contributed by atoms with Crippen molar-refractivity contribution in [1.29, 1.82) is 5.41 Å². The second-order valence-corrected chi connectivity index (χ2v) is 4.50. The zero-order valence-electron chi connectivity index (χ0n) is 9.71. The van der Waals surface area contributed by atoms with Crippen LogP contribution in [0.2, 0.25) is 0 Å². The number of hydrogen-bond acceptors (Lipinski definition) is 2. The van der Waals surface area contributed by atoms with Gasteiger partial charge < -0.3 is 10.5 Å². The van der Waals surface area contributed by atoms with E-state index >= 15 is 0 Å². The van der Waals surface area contributed by atoms with Crippen molar-refractivity contribution in [2.24, 2.45) is 11.7 Å². The number of ether oxygens (including phenoxy) is 1. The molecule has 1 aromatic carbocycles. The van der Waals surface area contributed by atoms with Gasteiger partial charge in [0, 0.05) is 17.7 Å². The first-order valence-electron chi connectivity index (χ1n) is 5.87. The number of amidine groups is 1. The van der Waals surface area contributed by atoms with E-state index in [0.717, 1.165) is 12.3 Å². The molecule has 0 atom stereocenters. The van der Waals surface area contributed by atoms with Gasteiger partial charge in [-0.15, -0.1) is 0 Å². The van der Waals surface area contributed by atoms with Gasteiger partial charge in [0.1, 0.15) is 11.7 Å². The van der Waals surface area contributed by atoms with Gasteiger partial charge >= 0.3 is 0 Å². The molecule has 0 radical (unpaired) electrons. The van der Waals surface area contributed by atoms with E-state index in [9.17, 15) is 4.39 Å². The fourth-order valence-electron chi connectivity index (χ4n) is 1.67. The Bertz CT molecular complexity index is 416. The van der Waals surface area contributed by atoms with Crippen LogP contribution in [0.5, 0.6) is 0 Å². The number of hydrogen-bond donors (Lipinski definition) is 2. The molecule has 1 aliphatic rings. The molecule has 0 aliphatic heterocycles. The van der Waals surface area contributed by atoms with Gasteiger partial charge in [-0.25, -0.2) is 4.39 Å². The number of halogens is 1. The molecule has 0 amide bonds. The minimum Gasteiger partial charge on any atom is -0.384 e. The molecular formula is C13H17FN2O. The third kappa shape index (κ3) is 3.53. The topological polar surface area (TPSA) is 59.1 Å². The number of nitrogens with two attached hydrogens (primary N) is 1. The normalized spacial score (nSPS) is 14.9. The molecule has 4 heteroatoms. The van der Waals surface area contributed by atoms with Crippen molar-refractivity contribution in [2.75, 3.05) is 6.61 Å². The van der Waals surface area contributed by atoms with E-state index in [0.29, 0.717) is 17.7 Å². The van der Waals surface area contributed by atoms with Crippen molar-refractivity contribution in [3.63, 3.8) is 0 Å². The Morgan fingerprint density at radius 2 is 2.24 bits per heavy atom. The van der Waals surface area contributed by atoms with E-state index in [-0.39, 0.29) is 18.3 Å². The van der Waals surface area contributed by atoms with Crippen molar-refractivity contribution in [2.45, 2.75) is 25.9 Å². The van der Waals surface area contributed by atoms with Crippen molar-refractivity contribution < 1.29 is 9.13 Å². The molecule has 0 saturated heterocycles. The Morgan fingerprint density at radius 1 is 1.47 bits per heavy atom. The Morgan fingerprint density at radius 3 is 2.82 bits per heavy atom. The van der Waals surface area contributed by atoms with Crippen LogP contribution in [0.3, 0.4) is 0 Å². The molecule has 3 N–H and O–H groups in total. The molecule has 1 fully saturated rings. The fraction of sp³-hybridized carbons (Fsp3) is 0.462. The standard InChI is InChI=1S/C13H17FN2O/c14-12-7-10(13(15)16)3-4-11(12)8-17-6-5-9-1-2-9/h3-4,7,9H,1-2,5-6,8H2,(H3,15,16). The van der Waals surface area contributed by atoms with Crippen molar-refractivity contribution in [1.82, 2.24) is 0 Å². The van der Waals surface area contributed by atoms with Gasteiger partial charge in [0.2, 0.25) is 0 Å². The quantitative estimate of drug-likeness (QED) is 0.452. The molecule has 0 heterocycles. The minimum atomic E-state index is -0.357. The lowest BCUT2D eigenvalue weighted by molar-refractivity contribution is 0.113. The highest BCUT2D eigenvalue weighted by Gasteiger charge is 2.20. The third-order valence-corrected chi connectivity index (χ3v) is 2.99. The first-order valence-corrected chi connectivity index (χ1v) is 5.87. The largest absolute Gasteiger partial charge is 0.384 e. The maximum atomic E-state index is 13.6. The maximum absolute atomic E-state index is 13.6. The first kappa shape index (κ1) is 12.0. The van der Waals surface area contributed by atoms with Crippen LogP contribution < -0.4 is 5.73 Å². The van der Waals surface area contributed by atoms with E-state index in [1.165, 1.54) is 18.9 Å². The number of nitrogen functional groups attached to an aromatic ring is 1. The number of rotatable bonds is 6. The minimum absolute atomic E-state index is 0.120. The summed E-state index contributed by atoms with van der Waals surface area (Å²) >= 11 is 0. The van der Waals surface area contributed by atoms with Gasteiger partial charge in [-0.2, -0.15) is 0 Å². The smallest absolute Gasteiger partial charge is 0.129 e. The lowest BCUT2D eigenvalue weighted by Crippen LogP contribution is -2.11. The number of benzene rings is 1. The molecule has 0 aromatic heterocycles. The van der Waals surface area contributed by atoms with Crippen LogP contribution in [0.4, 0.5) is 4.39 Å². The van der Waals surface area contributed by atoms with Gasteiger partial charge in [0.05, 0.1) is 6.61 Å². The molecule has 17 heavy (non-hydrogen) atoms. The van der Waals surface area contributed by atoms with Crippen LogP contribution in [0.1, 0.15) is 30.4 Å². The van der Waals surface area contributed by atoms with E-state index < -0.39 is 0 Å². The summed E-state index contributed by atoms with van der Waals surface area (Å²) in [5, 5.41) is 7.20. The van der Waals surface area contributed by atoms with E-state index in [1.54, 1.807) is 12.1 Å². The Kier molecular flexibility index (Phi) is 3.74. The lowest BCUT2D eigenvalue weighted by atomic mass is 10.1. The van der Waals surface area contributed by atoms with Gasteiger partial charge in [-0.1, -0.05) is 25.0 Å². The van der Waals surface area contributed by atoms with E-state index in [1.807, 2.05) is 0 Å². The first-order chi connectivity index (χ1) is 8.16. The average molecular weight is 236 g/mol. The SMILES string of the molecule is N=C(N)c1ccc(COCCC2CC2)c(F)c1. The summed E-state index contributed by atoms with van der Waals surface area (Å²) < 4.78 is 19.0. The Balaban J connectivity index is 1.84. The van der Waals surface area contributed by atoms with Crippen LogP contribution in [-0.4, -0.2) is 12.4 Å². The fourth-order valence-corrected chi connectivity index (χ4v) is 1.67. The highest BCUT2D eigenvalue weighted by Crippen LogP contribution is 2.32. The van der Waals surface area contributed by atoms with Gasteiger partial charge in [-0.05, 0) is 18.4 Å². The summed E-state index contributed by atoms with van der Waals surface area (Å²) in [6, 6.07) is 4.55. The second kappa shape index (κ2) is 5.27. The summed E-state index contributed by atoms with van der Waals surface area (Å²) in [7, 11) is 0. The molecule has 0 bridgehead atoms. The molecule has 3 nitrogen and oxygen atoms in total. The lowest BCUT2D eigenvalue weighted by Gasteiger charge is -2.06. The van der Waals surface area contributed by atoms with Gasteiger partial charge in [0.15, 0.2) is 0 Å². The van der Waals surface area contributed by atoms with Crippen molar-refractivity contribution in [3.05, 3.63) is 35.1 Å². The highest BCUT2D eigenvalue weighted by molar-refractivity contribution is 5.94. The van der Waals surface area contributed by atoms with Crippen LogP contribution in [0.15, 0.2) is 18.2 Å².